The Labute approximate surface area is 176 Å². The highest BCUT2D eigenvalue weighted by molar-refractivity contribution is 5.88. The van der Waals surface area contributed by atoms with Crippen LogP contribution in [0.25, 0.3) is 27.1 Å². The van der Waals surface area contributed by atoms with Crippen LogP contribution in [0.15, 0.2) is 102 Å². The second-order valence-electron chi connectivity index (χ2n) is 8.24. The third-order valence-electron chi connectivity index (χ3n) is 6.33. The molecular formula is C28H22N2. The van der Waals surface area contributed by atoms with E-state index in [4.69, 9.17) is 5.73 Å². The summed E-state index contributed by atoms with van der Waals surface area (Å²) < 4.78 is 0. The Balaban J connectivity index is 1.65. The number of nitriles is 1. The summed E-state index contributed by atoms with van der Waals surface area (Å²) in [6.45, 7) is 2.14. The predicted molar refractivity (Wildman–Crippen MR) is 125 cm³/mol. The first-order chi connectivity index (χ1) is 14.6. The van der Waals surface area contributed by atoms with E-state index < -0.39 is 5.41 Å². The van der Waals surface area contributed by atoms with Crippen LogP contribution in [0.2, 0.25) is 0 Å². The number of nitrogens with zero attached hydrogens (tertiary/aromatic N) is 1. The Bertz CT molecular complexity index is 1400. The van der Waals surface area contributed by atoms with Crippen LogP contribution in [0.1, 0.15) is 24.5 Å². The van der Waals surface area contributed by atoms with Crippen molar-refractivity contribution in [2.75, 3.05) is 0 Å². The van der Waals surface area contributed by atoms with E-state index in [-0.39, 0.29) is 0 Å². The molecule has 0 heterocycles. The highest BCUT2D eigenvalue weighted by Gasteiger charge is 2.37. The maximum absolute atomic E-state index is 9.95. The quantitative estimate of drug-likeness (QED) is 0.429. The molecule has 0 bridgehead atoms. The van der Waals surface area contributed by atoms with Gasteiger partial charge in [-0.2, -0.15) is 5.26 Å². The van der Waals surface area contributed by atoms with Crippen LogP contribution in [0.5, 0.6) is 0 Å². The Hall–Kier alpha value is -3.83. The first-order valence-corrected chi connectivity index (χ1v) is 10.2. The molecule has 4 aromatic carbocycles. The van der Waals surface area contributed by atoms with Gasteiger partial charge in [0.25, 0.3) is 0 Å². The number of hydrogen-bond acceptors (Lipinski definition) is 2. The summed E-state index contributed by atoms with van der Waals surface area (Å²) in [5.74, 6) is 0. The van der Waals surface area contributed by atoms with Crippen molar-refractivity contribution in [3.63, 3.8) is 0 Å². The number of fused-ring (bicyclic) bond motifs is 2. The lowest BCUT2D eigenvalue weighted by molar-refractivity contribution is 0.579. The van der Waals surface area contributed by atoms with Crippen LogP contribution >= 0.6 is 0 Å². The smallest absolute Gasteiger partial charge is 0.0978 e. The van der Waals surface area contributed by atoms with Crippen LogP contribution in [0.3, 0.4) is 0 Å². The number of nitrogens with two attached hydrogens (primary N) is 1. The van der Waals surface area contributed by atoms with Gasteiger partial charge in [0.05, 0.1) is 11.6 Å². The molecule has 2 N–H and O–H groups in total. The van der Waals surface area contributed by atoms with E-state index in [0.717, 1.165) is 23.1 Å². The molecule has 0 spiro atoms. The lowest BCUT2D eigenvalue weighted by atomic mass is 9.67. The van der Waals surface area contributed by atoms with Gasteiger partial charge in [0, 0.05) is 11.1 Å². The Morgan fingerprint density at radius 3 is 2.07 bits per heavy atom. The largest absolute Gasteiger partial charge is 0.398 e. The fourth-order valence-corrected chi connectivity index (χ4v) is 4.64. The lowest BCUT2D eigenvalue weighted by Gasteiger charge is -2.35. The molecule has 1 aliphatic carbocycles. The van der Waals surface area contributed by atoms with Crippen LogP contribution in [0, 0.1) is 11.3 Å². The second kappa shape index (κ2) is 6.90. The van der Waals surface area contributed by atoms with E-state index in [9.17, 15) is 5.26 Å². The zero-order valence-electron chi connectivity index (χ0n) is 16.9. The summed E-state index contributed by atoms with van der Waals surface area (Å²) in [6.07, 6.45) is 2.71. The van der Waals surface area contributed by atoms with Crippen LogP contribution in [-0.2, 0) is 5.41 Å². The molecule has 0 saturated carbocycles. The predicted octanol–water partition coefficient (Wildman–Crippen LogP) is 6.47. The summed E-state index contributed by atoms with van der Waals surface area (Å²) in [7, 11) is 0. The number of allylic oxidation sites excluding steroid dienone is 3. The van der Waals surface area contributed by atoms with Gasteiger partial charge in [-0.15, -0.1) is 0 Å². The first-order valence-electron chi connectivity index (χ1n) is 10.2. The topological polar surface area (TPSA) is 49.8 Å². The van der Waals surface area contributed by atoms with Gasteiger partial charge in [-0.05, 0) is 56.8 Å². The Morgan fingerprint density at radius 1 is 0.800 bits per heavy atom. The van der Waals surface area contributed by atoms with E-state index >= 15 is 0 Å². The summed E-state index contributed by atoms with van der Waals surface area (Å²) in [5.41, 5.74) is 10.6. The molecule has 4 aromatic rings. The maximum Gasteiger partial charge on any atom is 0.0978 e. The van der Waals surface area contributed by atoms with Crippen LogP contribution < -0.4 is 5.73 Å². The number of benzene rings is 4. The molecule has 0 aliphatic heterocycles. The molecule has 2 heteroatoms. The molecule has 0 fully saturated rings. The van der Waals surface area contributed by atoms with E-state index in [1.165, 1.54) is 21.5 Å². The molecule has 0 aromatic heterocycles. The molecule has 5 rings (SSSR count). The van der Waals surface area contributed by atoms with Gasteiger partial charge >= 0.3 is 0 Å². The molecular weight excluding hydrogens is 364 g/mol. The highest BCUT2D eigenvalue weighted by atomic mass is 14.6. The van der Waals surface area contributed by atoms with Crippen molar-refractivity contribution >= 4 is 27.1 Å². The van der Waals surface area contributed by atoms with Crippen molar-refractivity contribution in [2.24, 2.45) is 5.73 Å². The minimum Gasteiger partial charge on any atom is -0.398 e. The van der Waals surface area contributed by atoms with Crippen molar-refractivity contribution in [1.29, 1.82) is 5.26 Å². The number of rotatable bonds is 2. The normalized spacial score (nSPS) is 19.0. The minimum absolute atomic E-state index is 0.474. The van der Waals surface area contributed by atoms with E-state index in [0.29, 0.717) is 11.3 Å². The average Bonchev–Trinajstić information content (AvgIpc) is 2.78. The van der Waals surface area contributed by atoms with Crippen molar-refractivity contribution in [1.82, 2.24) is 0 Å². The third kappa shape index (κ3) is 2.88. The first kappa shape index (κ1) is 18.2. The monoisotopic (exact) mass is 386 g/mol. The number of hydrogen-bond donors (Lipinski definition) is 1. The van der Waals surface area contributed by atoms with E-state index in [1.54, 1.807) is 0 Å². The zero-order chi connectivity index (χ0) is 20.7. The van der Waals surface area contributed by atoms with Gasteiger partial charge in [0.2, 0.25) is 0 Å². The van der Waals surface area contributed by atoms with Crippen LogP contribution in [0.4, 0.5) is 0 Å². The van der Waals surface area contributed by atoms with Gasteiger partial charge in [0.15, 0.2) is 0 Å². The fourth-order valence-electron chi connectivity index (χ4n) is 4.64. The standard InChI is InChI=1S/C28H22N2/c1-28(25-13-12-20-7-3-5-9-22(20)15-25)17-24(16-27(30)26(28)18-29)23-11-10-19-6-2-4-8-21(19)14-23/h2-16H,17,30H2,1H3. The maximum atomic E-state index is 9.95. The third-order valence-corrected chi connectivity index (χ3v) is 6.33. The molecule has 30 heavy (non-hydrogen) atoms. The summed E-state index contributed by atoms with van der Waals surface area (Å²) in [6, 6.07) is 32.1. The highest BCUT2D eigenvalue weighted by Crippen LogP contribution is 2.45. The summed E-state index contributed by atoms with van der Waals surface area (Å²) in [5, 5.41) is 14.7. The summed E-state index contributed by atoms with van der Waals surface area (Å²) >= 11 is 0. The van der Waals surface area contributed by atoms with Gasteiger partial charge in [0.1, 0.15) is 0 Å². The minimum atomic E-state index is -0.474. The average molecular weight is 386 g/mol. The molecule has 0 saturated heterocycles. The van der Waals surface area contributed by atoms with Gasteiger partial charge in [-0.1, -0.05) is 85.8 Å². The lowest BCUT2D eigenvalue weighted by Crippen LogP contribution is -2.30. The van der Waals surface area contributed by atoms with Crippen molar-refractivity contribution in [3.8, 4) is 6.07 Å². The van der Waals surface area contributed by atoms with E-state index in [2.05, 4.69) is 85.8 Å². The second-order valence-corrected chi connectivity index (χ2v) is 8.24. The van der Waals surface area contributed by atoms with E-state index in [1.807, 2.05) is 18.2 Å². The SMILES string of the molecule is CC1(c2ccc3ccccc3c2)CC(c2ccc3ccccc3c2)=CC(N)=C1C#N. The fraction of sp³-hybridized carbons (Fsp3) is 0.107. The molecule has 1 unspecified atom stereocenters. The van der Waals surface area contributed by atoms with Crippen molar-refractivity contribution in [3.05, 3.63) is 113 Å². The molecule has 0 radical (unpaired) electrons. The van der Waals surface area contributed by atoms with Gasteiger partial charge < -0.3 is 5.73 Å². The van der Waals surface area contributed by atoms with Crippen molar-refractivity contribution < 1.29 is 0 Å². The van der Waals surface area contributed by atoms with Crippen LogP contribution in [-0.4, -0.2) is 0 Å². The molecule has 1 aliphatic rings. The Kier molecular flexibility index (Phi) is 4.19. The zero-order valence-corrected chi connectivity index (χ0v) is 16.9. The van der Waals surface area contributed by atoms with Gasteiger partial charge in [-0.3, -0.25) is 0 Å². The summed E-state index contributed by atoms with van der Waals surface area (Å²) in [4.78, 5) is 0. The molecule has 1 atom stereocenters. The molecule has 2 nitrogen and oxygen atoms in total. The Morgan fingerprint density at radius 2 is 1.40 bits per heavy atom. The van der Waals surface area contributed by atoms with Crippen molar-refractivity contribution in [2.45, 2.75) is 18.8 Å². The molecule has 0 amide bonds. The molecule has 144 valence electrons. The van der Waals surface area contributed by atoms with Gasteiger partial charge in [-0.25, -0.2) is 0 Å².